The minimum atomic E-state index is 0.651. The number of rotatable bonds is 7. The maximum atomic E-state index is 6.22. The standard InChI is InChI=1S/C18H22Cl2N2O2/c19-14-2-4-17(20)16(12-14)18-5-3-15(24-18)13-21-6-1-7-22-8-10-23-11-9-22/h2-5,12,21H,1,6-11,13H2/p+2. The van der Waals surface area contributed by atoms with E-state index in [2.05, 4.69) is 5.32 Å². The lowest BCUT2D eigenvalue weighted by atomic mass is 10.2. The molecule has 0 atom stereocenters. The van der Waals surface area contributed by atoms with Crippen LogP contribution in [-0.4, -0.2) is 39.4 Å². The van der Waals surface area contributed by atoms with Gasteiger partial charge in [0.15, 0.2) is 5.76 Å². The summed E-state index contributed by atoms with van der Waals surface area (Å²) in [6.07, 6.45) is 1.21. The molecule has 0 bridgehead atoms. The van der Waals surface area contributed by atoms with E-state index in [0.29, 0.717) is 10.0 Å². The van der Waals surface area contributed by atoms with Crippen LogP contribution in [0.2, 0.25) is 10.0 Å². The highest BCUT2D eigenvalue weighted by Gasteiger charge is 2.13. The highest BCUT2D eigenvalue weighted by Crippen LogP contribution is 2.31. The normalized spacial score (nSPS) is 15.8. The lowest BCUT2D eigenvalue weighted by Crippen LogP contribution is -3.14. The number of nitrogens with two attached hydrogens (primary N) is 1. The van der Waals surface area contributed by atoms with Crippen molar-refractivity contribution < 1.29 is 19.4 Å². The summed E-state index contributed by atoms with van der Waals surface area (Å²) in [5.41, 5.74) is 0.839. The molecule has 6 heteroatoms. The lowest BCUT2D eigenvalue weighted by molar-refractivity contribution is -0.909. The van der Waals surface area contributed by atoms with Crippen molar-refractivity contribution in [2.75, 3.05) is 39.4 Å². The predicted molar refractivity (Wildman–Crippen MR) is 95.7 cm³/mol. The highest BCUT2D eigenvalue weighted by atomic mass is 35.5. The van der Waals surface area contributed by atoms with E-state index in [1.807, 2.05) is 18.2 Å². The molecule has 1 aliphatic heterocycles. The number of hydrogen-bond donors (Lipinski definition) is 2. The summed E-state index contributed by atoms with van der Waals surface area (Å²) < 4.78 is 11.3. The van der Waals surface area contributed by atoms with Crippen molar-refractivity contribution in [2.45, 2.75) is 13.0 Å². The summed E-state index contributed by atoms with van der Waals surface area (Å²) in [6, 6.07) is 9.37. The molecule has 0 amide bonds. The van der Waals surface area contributed by atoms with Gasteiger partial charge in [-0.05, 0) is 30.3 Å². The van der Waals surface area contributed by atoms with E-state index < -0.39 is 0 Å². The molecule has 1 saturated heterocycles. The van der Waals surface area contributed by atoms with Crippen LogP contribution >= 0.6 is 23.2 Å². The second-order valence-electron chi connectivity index (χ2n) is 6.14. The van der Waals surface area contributed by atoms with Gasteiger partial charge in [0.2, 0.25) is 0 Å². The fraction of sp³-hybridized carbons (Fsp3) is 0.444. The zero-order valence-corrected chi connectivity index (χ0v) is 15.2. The van der Waals surface area contributed by atoms with Gasteiger partial charge in [0, 0.05) is 17.0 Å². The average Bonchev–Trinajstić information content (AvgIpc) is 3.06. The number of nitrogens with one attached hydrogen (secondary N) is 1. The number of hydrogen-bond acceptors (Lipinski definition) is 2. The van der Waals surface area contributed by atoms with Gasteiger partial charge in [-0.1, -0.05) is 23.2 Å². The molecular formula is C18H24Cl2N2O2+2. The van der Waals surface area contributed by atoms with Crippen molar-refractivity contribution in [3.05, 3.63) is 46.1 Å². The Morgan fingerprint density at radius 1 is 1.08 bits per heavy atom. The summed E-state index contributed by atoms with van der Waals surface area (Å²) in [6.45, 7) is 7.26. The first kappa shape index (κ1) is 17.8. The molecule has 0 unspecified atom stereocenters. The Hall–Kier alpha value is -1.04. The van der Waals surface area contributed by atoms with Crippen LogP contribution in [0, 0.1) is 0 Å². The van der Waals surface area contributed by atoms with Crippen molar-refractivity contribution in [2.24, 2.45) is 0 Å². The van der Waals surface area contributed by atoms with Crippen LogP contribution in [0.5, 0.6) is 0 Å². The minimum Gasteiger partial charge on any atom is -0.455 e. The van der Waals surface area contributed by atoms with Crippen molar-refractivity contribution in [3.8, 4) is 11.3 Å². The second kappa shape index (κ2) is 8.88. The Labute approximate surface area is 152 Å². The van der Waals surface area contributed by atoms with Crippen molar-refractivity contribution in [3.63, 3.8) is 0 Å². The van der Waals surface area contributed by atoms with E-state index in [9.17, 15) is 0 Å². The van der Waals surface area contributed by atoms with Gasteiger partial charge in [0.05, 0.1) is 31.3 Å². The Balaban J connectivity index is 1.43. The zero-order chi connectivity index (χ0) is 16.8. The molecule has 2 heterocycles. The summed E-state index contributed by atoms with van der Waals surface area (Å²) in [5.74, 6) is 1.73. The first-order chi connectivity index (χ1) is 11.7. The van der Waals surface area contributed by atoms with E-state index >= 15 is 0 Å². The molecule has 1 aromatic carbocycles. The van der Waals surface area contributed by atoms with Gasteiger partial charge in [-0.3, -0.25) is 0 Å². The third-order valence-electron chi connectivity index (χ3n) is 4.34. The van der Waals surface area contributed by atoms with Crippen LogP contribution in [0.3, 0.4) is 0 Å². The van der Waals surface area contributed by atoms with Gasteiger partial charge in [0.1, 0.15) is 25.4 Å². The number of furan rings is 1. The Bertz CT molecular complexity index is 654. The molecule has 1 aromatic heterocycles. The number of halogens is 2. The minimum absolute atomic E-state index is 0.651. The summed E-state index contributed by atoms with van der Waals surface area (Å²) in [5, 5.41) is 3.60. The molecule has 1 fully saturated rings. The van der Waals surface area contributed by atoms with E-state index in [4.69, 9.17) is 32.4 Å². The first-order valence-electron chi connectivity index (χ1n) is 8.49. The third kappa shape index (κ3) is 4.98. The molecule has 0 radical (unpaired) electrons. The van der Waals surface area contributed by atoms with Gasteiger partial charge in [-0.2, -0.15) is 0 Å². The van der Waals surface area contributed by atoms with Crippen molar-refractivity contribution in [1.82, 2.24) is 0 Å². The summed E-state index contributed by atoms with van der Waals surface area (Å²) in [7, 11) is 0. The molecular weight excluding hydrogens is 347 g/mol. The first-order valence-corrected chi connectivity index (χ1v) is 9.25. The smallest absolute Gasteiger partial charge is 0.158 e. The van der Waals surface area contributed by atoms with Crippen LogP contribution < -0.4 is 10.2 Å². The van der Waals surface area contributed by atoms with Gasteiger partial charge < -0.3 is 19.4 Å². The maximum absolute atomic E-state index is 6.22. The van der Waals surface area contributed by atoms with Gasteiger partial charge in [0.25, 0.3) is 0 Å². The molecule has 1 aliphatic rings. The third-order valence-corrected chi connectivity index (χ3v) is 4.90. The number of morpholine rings is 1. The van der Waals surface area contributed by atoms with Crippen LogP contribution in [-0.2, 0) is 11.3 Å². The SMILES string of the molecule is Clc1ccc(Cl)c(-c2ccc(C[NH2+]CCC[NH+]3CCOCC3)o2)c1. The highest BCUT2D eigenvalue weighted by molar-refractivity contribution is 6.35. The molecule has 3 rings (SSSR count). The Morgan fingerprint density at radius 2 is 1.92 bits per heavy atom. The topological polar surface area (TPSA) is 43.4 Å². The predicted octanol–water partition coefficient (Wildman–Crippen LogP) is 1.62. The van der Waals surface area contributed by atoms with Crippen molar-refractivity contribution >= 4 is 23.2 Å². The quantitative estimate of drug-likeness (QED) is 0.727. The van der Waals surface area contributed by atoms with E-state index in [1.54, 1.807) is 17.0 Å². The van der Waals surface area contributed by atoms with Crippen LogP contribution in [0.15, 0.2) is 34.7 Å². The monoisotopic (exact) mass is 370 g/mol. The largest absolute Gasteiger partial charge is 0.455 e. The number of ether oxygens (including phenoxy) is 1. The van der Waals surface area contributed by atoms with Gasteiger partial charge in [-0.25, -0.2) is 0 Å². The fourth-order valence-corrected chi connectivity index (χ4v) is 3.35. The molecule has 3 N–H and O–H groups in total. The Kier molecular flexibility index (Phi) is 6.58. The Morgan fingerprint density at radius 3 is 2.75 bits per heavy atom. The summed E-state index contributed by atoms with van der Waals surface area (Å²) >= 11 is 12.3. The van der Waals surface area contributed by atoms with Gasteiger partial charge in [-0.15, -0.1) is 0 Å². The molecule has 0 saturated carbocycles. The van der Waals surface area contributed by atoms with Crippen LogP contribution in [0.25, 0.3) is 11.3 Å². The average molecular weight is 371 g/mol. The van der Waals surface area contributed by atoms with Crippen molar-refractivity contribution in [1.29, 1.82) is 0 Å². The zero-order valence-electron chi connectivity index (χ0n) is 13.7. The van der Waals surface area contributed by atoms with Gasteiger partial charge >= 0.3 is 0 Å². The number of benzene rings is 1. The van der Waals surface area contributed by atoms with E-state index in [-0.39, 0.29) is 0 Å². The van der Waals surface area contributed by atoms with Crippen LogP contribution in [0.4, 0.5) is 0 Å². The van der Waals surface area contributed by atoms with E-state index in [0.717, 1.165) is 56.5 Å². The number of quaternary nitrogens is 2. The second-order valence-corrected chi connectivity index (χ2v) is 6.98. The van der Waals surface area contributed by atoms with E-state index in [1.165, 1.54) is 13.0 Å². The molecule has 0 aliphatic carbocycles. The summed E-state index contributed by atoms with van der Waals surface area (Å²) in [4.78, 5) is 1.66. The van der Waals surface area contributed by atoms with Crippen LogP contribution in [0.1, 0.15) is 12.2 Å². The lowest BCUT2D eigenvalue weighted by Gasteiger charge is -2.23. The molecule has 0 spiro atoms. The molecule has 4 nitrogen and oxygen atoms in total. The molecule has 130 valence electrons. The fourth-order valence-electron chi connectivity index (χ4n) is 2.97. The molecule has 2 aromatic rings. The maximum Gasteiger partial charge on any atom is 0.158 e. The molecule has 24 heavy (non-hydrogen) atoms.